The Morgan fingerprint density at radius 3 is 1.85 bits per heavy atom. The molecule has 0 aliphatic carbocycles. The lowest BCUT2D eigenvalue weighted by molar-refractivity contribution is -0.159. The molecule has 13 heteroatoms. The van der Waals surface area contributed by atoms with E-state index in [-0.39, 0.29) is 37.9 Å². The van der Waals surface area contributed by atoms with Gasteiger partial charge in [-0.1, -0.05) is 0 Å². The molecule has 41 heavy (non-hydrogen) atoms. The molecule has 0 bridgehead atoms. The van der Waals surface area contributed by atoms with Crippen LogP contribution in [0.4, 0.5) is 11.4 Å². The van der Waals surface area contributed by atoms with Crippen molar-refractivity contribution in [2.75, 3.05) is 19.7 Å². The molecule has 0 aromatic heterocycles. The summed E-state index contributed by atoms with van der Waals surface area (Å²) in [6.45, 7) is 6.11. The van der Waals surface area contributed by atoms with Crippen LogP contribution in [0.2, 0.25) is 0 Å². The second kappa shape index (κ2) is 14.6. The number of ketones is 1. The molecule has 0 aliphatic rings. The van der Waals surface area contributed by atoms with Crippen molar-refractivity contribution in [3.05, 3.63) is 59.7 Å². The monoisotopic (exact) mass is 567 g/mol. The summed E-state index contributed by atoms with van der Waals surface area (Å²) in [4.78, 5) is 57.5. The van der Waals surface area contributed by atoms with Gasteiger partial charge in [0.25, 0.3) is 11.8 Å². The number of nitrogens with zero attached hydrogens (tertiary/aromatic N) is 2. The van der Waals surface area contributed by atoms with Crippen LogP contribution >= 0.6 is 0 Å². The van der Waals surface area contributed by atoms with Crippen molar-refractivity contribution in [2.24, 2.45) is 27.2 Å². The maximum Gasteiger partial charge on any atom is 0.325 e. The standard InChI is InChI=1S/C28H37N7O6/c1-27(2,41-23(37)16-33-25(39)19-7-11-21(12-8-19)35-26(30)31)13-14-40-28(3,4)22(36)15-32-24(38)18-5-9-20(10-6-18)34-17-29/h5-12,17H,13-16H2,1-4H3,(H2,29,34)(H,32,38)(H,33,39)(H4,30,31,35). The highest BCUT2D eigenvalue weighted by molar-refractivity contribution is 5.98. The number of carbonyl (C=O) groups excluding carboxylic acids is 4. The Morgan fingerprint density at radius 2 is 1.34 bits per heavy atom. The predicted molar refractivity (Wildman–Crippen MR) is 155 cm³/mol. The van der Waals surface area contributed by atoms with Gasteiger partial charge in [-0.05, 0) is 76.2 Å². The number of guanidine groups is 1. The molecule has 0 spiro atoms. The number of rotatable bonds is 14. The first-order valence-electron chi connectivity index (χ1n) is 12.7. The maximum atomic E-state index is 12.7. The van der Waals surface area contributed by atoms with Crippen molar-refractivity contribution in [3.8, 4) is 0 Å². The molecule has 0 atom stereocenters. The third-order valence-corrected chi connectivity index (χ3v) is 5.77. The Balaban J connectivity index is 1.76. The van der Waals surface area contributed by atoms with Crippen LogP contribution in [0, 0.1) is 0 Å². The quantitative estimate of drug-likeness (QED) is 0.127. The van der Waals surface area contributed by atoms with Gasteiger partial charge >= 0.3 is 5.97 Å². The van der Waals surface area contributed by atoms with Gasteiger partial charge in [0.15, 0.2) is 11.7 Å². The topological polar surface area (TPSA) is 214 Å². The molecule has 2 rings (SSSR count). The fourth-order valence-electron chi connectivity index (χ4n) is 3.38. The molecular weight excluding hydrogens is 530 g/mol. The summed E-state index contributed by atoms with van der Waals surface area (Å²) in [5.41, 5.74) is 15.5. The van der Waals surface area contributed by atoms with E-state index in [1.165, 1.54) is 12.1 Å². The number of Topliss-reactive ketones (excluding diaryl/α,β-unsaturated/α-hetero) is 1. The molecule has 2 aromatic rings. The van der Waals surface area contributed by atoms with E-state index in [2.05, 4.69) is 20.6 Å². The fourth-order valence-corrected chi connectivity index (χ4v) is 3.38. The van der Waals surface area contributed by atoms with E-state index in [0.29, 0.717) is 22.5 Å². The lowest BCUT2D eigenvalue weighted by Gasteiger charge is -2.29. The largest absolute Gasteiger partial charge is 0.458 e. The molecular formula is C28H37N7O6. The molecule has 0 fully saturated rings. The summed E-state index contributed by atoms with van der Waals surface area (Å²) < 4.78 is 11.2. The molecule has 0 saturated carbocycles. The van der Waals surface area contributed by atoms with Crippen molar-refractivity contribution in [2.45, 2.75) is 45.3 Å². The molecule has 0 heterocycles. The first-order valence-corrected chi connectivity index (χ1v) is 12.7. The molecule has 2 amide bonds. The SMILES string of the molecule is CC(C)(CCOC(C)(C)C(=O)CNC(=O)c1ccc(N=CN)cc1)OC(=O)CNC(=O)c1ccc(N=C(N)N)cc1. The zero-order chi connectivity index (χ0) is 30.6. The van der Waals surface area contributed by atoms with Gasteiger partial charge in [-0.15, -0.1) is 0 Å². The summed E-state index contributed by atoms with van der Waals surface area (Å²) in [7, 11) is 0. The van der Waals surface area contributed by atoms with Gasteiger partial charge in [0.1, 0.15) is 17.7 Å². The second-order valence-corrected chi connectivity index (χ2v) is 10.0. The molecule has 0 saturated heterocycles. The van der Waals surface area contributed by atoms with E-state index in [4.69, 9.17) is 26.7 Å². The molecule has 220 valence electrons. The Bertz CT molecular complexity index is 1280. The minimum absolute atomic E-state index is 0.102. The highest BCUT2D eigenvalue weighted by atomic mass is 16.6. The minimum atomic E-state index is -1.20. The summed E-state index contributed by atoms with van der Waals surface area (Å²) >= 11 is 0. The van der Waals surface area contributed by atoms with Crippen molar-refractivity contribution in [3.63, 3.8) is 0 Å². The van der Waals surface area contributed by atoms with Gasteiger partial charge in [0.2, 0.25) is 0 Å². The lowest BCUT2D eigenvalue weighted by Crippen LogP contribution is -2.44. The lowest BCUT2D eigenvalue weighted by atomic mass is 10.0. The first-order chi connectivity index (χ1) is 19.2. The minimum Gasteiger partial charge on any atom is -0.458 e. The molecule has 13 nitrogen and oxygen atoms in total. The Kier molecular flexibility index (Phi) is 11.5. The van der Waals surface area contributed by atoms with Crippen LogP contribution in [0.3, 0.4) is 0 Å². The van der Waals surface area contributed by atoms with Crippen LogP contribution in [0.15, 0.2) is 58.5 Å². The van der Waals surface area contributed by atoms with Crippen molar-refractivity contribution in [1.82, 2.24) is 10.6 Å². The molecule has 0 aliphatic heterocycles. The van der Waals surface area contributed by atoms with E-state index < -0.39 is 29.0 Å². The normalized spacial score (nSPS) is 11.5. The number of ether oxygens (including phenoxy) is 2. The third kappa shape index (κ3) is 11.1. The van der Waals surface area contributed by atoms with E-state index >= 15 is 0 Å². The highest BCUT2D eigenvalue weighted by Crippen LogP contribution is 2.19. The molecule has 2 aromatic carbocycles. The molecule has 8 N–H and O–H groups in total. The zero-order valence-electron chi connectivity index (χ0n) is 23.6. The van der Waals surface area contributed by atoms with Crippen molar-refractivity contribution in [1.29, 1.82) is 0 Å². The summed E-state index contributed by atoms with van der Waals surface area (Å²) in [5.74, 6) is -1.96. The Morgan fingerprint density at radius 1 is 0.829 bits per heavy atom. The Hall–Kier alpha value is -4.78. The average molecular weight is 568 g/mol. The number of nitrogens with two attached hydrogens (primary N) is 3. The van der Waals surface area contributed by atoms with Gasteiger partial charge in [-0.2, -0.15) is 0 Å². The van der Waals surface area contributed by atoms with Crippen LogP contribution in [0.1, 0.15) is 54.8 Å². The Labute approximate surface area is 238 Å². The van der Waals surface area contributed by atoms with E-state index in [1.54, 1.807) is 64.1 Å². The van der Waals surface area contributed by atoms with Crippen LogP contribution in [-0.4, -0.2) is 66.8 Å². The van der Waals surface area contributed by atoms with Gasteiger partial charge < -0.3 is 37.3 Å². The first kappa shape index (κ1) is 32.4. The number of amides is 2. The number of hydrogen-bond acceptors (Lipinski definition) is 8. The number of hydrogen-bond donors (Lipinski definition) is 5. The second-order valence-electron chi connectivity index (χ2n) is 10.0. The third-order valence-electron chi connectivity index (χ3n) is 5.77. The van der Waals surface area contributed by atoms with E-state index in [9.17, 15) is 19.2 Å². The fraction of sp³-hybridized carbons (Fsp3) is 0.357. The van der Waals surface area contributed by atoms with Crippen LogP contribution < -0.4 is 27.8 Å². The van der Waals surface area contributed by atoms with Crippen LogP contribution in [0.5, 0.6) is 0 Å². The number of aliphatic imine (C=N–C) groups is 2. The van der Waals surface area contributed by atoms with E-state index in [0.717, 1.165) is 6.34 Å². The van der Waals surface area contributed by atoms with Crippen molar-refractivity contribution >= 4 is 47.2 Å². The van der Waals surface area contributed by atoms with Crippen LogP contribution in [-0.2, 0) is 19.1 Å². The predicted octanol–water partition coefficient (Wildman–Crippen LogP) is 1.45. The van der Waals surface area contributed by atoms with Gasteiger partial charge in [-0.3, -0.25) is 19.2 Å². The molecule has 0 unspecified atom stereocenters. The zero-order valence-corrected chi connectivity index (χ0v) is 23.6. The number of carbonyl (C=O) groups is 4. The highest BCUT2D eigenvalue weighted by Gasteiger charge is 2.30. The maximum absolute atomic E-state index is 12.7. The van der Waals surface area contributed by atoms with Gasteiger partial charge in [0.05, 0.1) is 30.9 Å². The van der Waals surface area contributed by atoms with Gasteiger partial charge in [-0.25, -0.2) is 9.98 Å². The summed E-state index contributed by atoms with van der Waals surface area (Å²) in [6, 6.07) is 12.6. The van der Waals surface area contributed by atoms with Crippen molar-refractivity contribution < 1.29 is 28.7 Å². The summed E-state index contributed by atoms with van der Waals surface area (Å²) in [5, 5.41) is 5.08. The van der Waals surface area contributed by atoms with Crippen LogP contribution in [0.25, 0.3) is 0 Å². The smallest absolute Gasteiger partial charge is 0.325 e. The molecule has 0 radical (unpaired) electrons. The average Bonchev–Trinajstić information content (AvgIpc) is 2.90. The number of nitrogens with one attached hydrogen (secondary N) is 2. The van der Waals surface area contributed by atoms with E-state index in [1.807, 2.05) is 0 Å². The number of benzene rings is 2. The van der Waals surface area contributed by atoms with Gasteiger partial charge in [0, 0.05) is 17.5 Å². The summed E-state index contributed by atoms with van der Waals surface area (Å²) in [6.07, 6.45) is 1.43. The number of esters is 1.